The largest absolute Gasteiger partial charge is 0.352 e. The Morgan fingerprint density at radius 1 is 1.08 bits per heavy atom. The highest BCUT2D eigenvalue weighted by Crippen LogP contribution is 2.22. The number of aromatic nitrogens is 3. The van der Waals surface area contributed by atoms with Gasteiger partial charge in [-0.05, 0) is 12.5 Å². The second-order valence-corrected chi connectivity index (χ2v) is 7.15. The van der Waals surface area contributed by atoms with E-state index in [1.165, 1.54) is 5.56 Å². The van der Waals surface area contributed by atoms with Crippen molar-refractivity contribution < 1.29 is 4.79 Å². The van der Waals surface area contributed by atoms with Gasteiger partial charge >= 0.3 is 0 Å². The molecule has 1 heterocycles. The molecule has 3 rings (SSSR count). The van der Waals surface area contributed by atoms with Gasteiger partial charge in [0.05, 0.1) is 0 Å². The van der Waals surface area contributed by atoms with Crippen molar-refractivity contribution in [1.29, 1.82) is 0 Å². The van der Waals surface area contributed by atoms with Gasteiger partial charge in [0.25, 0.3) is 0 Å². The van der Waals surface area contributed by atoms with Gasteiger partial charge in [0.1, 0.15) is 0 Å². The second-order valence-electron chi connectivity index (χ2n) is 6.09. The summed E-state index contributed by atoms with van der Waals surface area (Å²) >= 11 is 1.54. The number of hydrogen-bond donors (Lipinski definition) is 1. The predicted octanol–water partition coefficient (Wildman–Crippen LogP) is 3.59. The zero-order valence-electron chi connectivity index (χ0n) is 15.0. The summed E-state index contributed by atoms with van der Waals surface area (Å²) in [5, 5.41) is 12.3. The van der Waals surface area contributed by atoms with E-state index in [9.17, 15) is 4.79 Å². The summed E-state index contributed by atoms with van der Waals surface area (Å²) in [6.45, 7) is 2.61. The van der Waals surface area contributed by atoms with Crippen molar-refractivity contribution in [1.82, 2.24) is 20.1 Å². The minimum atomic E-state index is 0.0449. The van der Waals surface area contributed by atoms with Crippen molar-refractivity contribution in [3.8, 4) is 11.4 Å². The Kier molecular flexibility index (Phi) is 6.07. The summed E-state index contributed by atoms with van der Waals surface area (Å²) in [5.74, 6) is 1.54. The van der Waals surface area contributed by atoms with Crippen LogP contribution in [0.4, 0.5) is 0 Å². The van der Waals surface area contributed by atoms with Crippen molar-refractivity contribution in [3.05, 3.63) is 65.7 Å². The first kappa shape index (κ1) is 18.2. The Morgan fingerprint density at radius 3 is 2.54 bits per heavy atom. The molecule has 0 saturated carbocycles. The number of thioether (sulfide) groups is 1. The maximum atomic E-state index is 12.0. The van der Waals surface area contributed by atoms with Gasteiger partial charge in [0.2, 0.25) is 5.91 Å². The maximum Gasteiger partial charge on any atom is 0.221 e. The first-order valence-electron chi connectivity index (χ1n) is 8.53. The Morgan fingerprint density at radius 2 is 1.81 bits per heavy atom. The lowest BCUT2D eigenvalue weighted by molar-refractivity contribution is -0.120. The summed E-state index contributed by atoms with van der Waals surface area (Å²) in [7, 11) is 1.95. The standard InChI is InChI=1S/C20H22N4OS/c1-15-8-10-16(11-9-15)14-21-18(25)12-13-26-20-23-22-19(24(20)2)17-6-4-3-5-7-17/h3-11H,12-14H2,1-2H3,(H,21,25). The summed E-state index contributed by atoms with van der Waals surface area (Å²) in [5.41, 5.74) is 3.36. The number of benzene rings is 2. The molecule has 0 aliphatic heterocycles. The van der Waals surface area contributed by atoms with E-state index < -0.39 is 0 Å². The fraction of sp³-hybridized carbons (Fsp3) is 0.250. The number of rotatable bonds is 7. The van der Waals surface area contributed by atoms with Gasteiger partial charge in [0.15, 0.2) is 11.0 Å². The van der Waals surface area contributed by atoms with Crippen LogP contribution in [-0.4, -0.2) is 26.4 Å². The Balaban J connectivity index is 1.47. The molecule has 1 amide bonds. The van der Waals surface area contributed by atoms with Crippen LogP contribution in [0.25, 0.3) is 11.4 Å². The van der Waals surface area contributed by atoms with Crippen LogP contribution in [0.1, 0.15) is 17.5 Å². The van der Waals surface area contributed by atoms with Gasteiger partial charge in [-0.3, -0.25) is 4.79 Å². The van der Waals surface area contributed by atoms with Crippen LogP contribution in [0.3, 0.4) is 0 Å². The molecular weight excluding hydrogens is 344 g/mol. The Hall–Kier alpha value is -2.60. The summed E-state index contributed by atoms with van der Waals surface area (Å²) in [6.07, 6.45) is 0.448. The van der Waals surface area contributed by atoms with Gasteiger partial charge in [-0.15, -0.1) is 10.2 Å². The second kappa shape index (κ2) is 8.67. The molecule has 1 N–H and O–H groups in total. The molecule has 2 aromatic carbocycles. The molecule has 26 heavy (non-hydrogen) atoms. The van der Waals surface area contributed by atoms with E-state index in [0.29, 0.717) is 18.7 Å². The van der Waals surface area contributed by atoms with Crippen molar-refractivity contribution >= 4 is 17.7 Å². The van der Waals surface area contributed by atoms with E-state index in [-0.39, 0.29) is 5.91 Å². The highest BCUT2D eigenvalue weighted by molar-refractivity contribution is 7.99. The number of nitrogens with one attached hydrogen (secondary N) is 1. The third kappa shape index (κ3) is 4.73. The molecule has 0 aliphatic rings. The summed E-state index contributed by atoms with van der Waals surface area (Å²) in [6, 6.07) is 18.1. The number of carbonyl (C=O) groups is 1. The summed E-state index contributed by atoms with van der Waals surface area (Å²) < 4.78 is 1.96. The van der Waals surface area contributed by atoms with Crippen LogP contribution in [0.15, 0.2) is 59.8 Å². The molecule has 5 nitrogen and oxygen atoms in total. The van der Waals surface area contributed by atoms with Crippen LogP contribution < -0.4 is 5.32 Å². The van der Waals surface area contributed by atoms with E-state index in [2.05, 4.69) is 34.6 Å². The lowest BCUT2D eigenvalue weighted by Gasteiger charge is -2.06. The van der Waals surface area contributed by atoms with E-state index >= 15 is 0 Å². The molecule has 0 aliphatic carbocycles. The topological polar surface area (TPSA) is 59.8 Å². The van der Waals surface area contributed by atoms with Gasteiger partial charge in [-0.25, -0.2) is 0 Å². The molecule has 6 heteroatoms. The van der Waals surface area contributed by atoms with E-state index in [4.69, 9.17) is 0 Å². The van der Waals surface area contributed by atoms with Crippen molar-refractivity contribution in [2.75, 3.05) is 5.75 Å². The lowest BCUT2D eigenvalue weighted by atomic mass is 10.1. The molecule has 1 aromatic heterocycles. The fourth-order valence-corrected chi connectivity index (χ4v) is 3.36. The zero-order chi connectivity index (χ0) is 18.4. The van der Waals surface area contributed by atoms with Crippen molar-refractivity contribution in [2.45, 2.75) is 25.0 Å². The molecule has 134 valence electrons. The summed E-state index contributed by atoms with van der Waals surface area (Å²) in [4.78, 5) is 12.0. The smallest absolute Gasteiger partial charge is 0.221 e. The minimum Gasteiger partial charge on any atom is -0.352 e. The predicted molar refractivity (Wildman–Crippen MR) is 105 cm³/mol. The van der Waals surface area contributed by atoms with Gasteiger partial charge in [-0.2, -0.15) is 0 Å². The monoisotopic (exact) mass is 366 g/mol. The molecule has 0 unspecified atom stereocenters. The van der Waals surface area contributed by atoms with Crippen LogP contribution in [-0.2, 0) is 18.4 Å². The number of hydrogen-bond acceptors (Lipinski definition) is 4. The number of amides is 1. The van der Waals surface area contributed by atoms with Gasteiger partial charge < -0.3 is 9.88 Å². The maximum absolute atomic E-state index is 12.0. The molecule has 0 fully saturated rings. The number of aryl methyl sites for hydroxylation is 1. The van der Waals surface area contributed by atoms with E-state index in [0.717, 1.165) is 22.1 Å². The average Bonchev–Trinajstić information content (AvgIpc) is 3.03. The van der Waals surface area contributed by atoms with Crippen LogP contribution in [0, 0.1) is 6.92 Å². The first-order valence-corrected chi connectivity index (χ1v) is 9.52. The quantitative estimate of drug-likeness (QED) is 0.649. The third-order valence-electron chi connectivity index (χ3n) is 4.04. The van der Waals surface area contributed by atoms with Gasteiger partial charge in [0, 0.05) is 31.3 Å². The highest BCUT2D eigenvalue weighted by Gasteiger charge is 2.11. The third-order valence-corrected chi connectivity index (χ3v) is 5.06. The average molecular weight is 366 g/mol. The lowest BCUT2D eigenvalue weighted by Crippen LogP contribution is -2.23. The van der Waals surface area contributed by atoms with Crippen molar-refractivity contribution in [3.63, 3.8) is 0 Å². The molecule has 0 saturated heterocycles. The normalized spacial score (nSPS) is 10.7. The van der Waals surface area contributed by atoms with E-state index in [1.807, 2.05) is 54.1 Å². The minimum absolute atomic E-state index is 0.0449. The zero-order valence-corrected chi connectivity index (χ0v) is 15.8. The van der Waals surface area contributed by atoms with Crippen LogP contribution in [0.2, 0.25) is 0 Å². The number of carbonyl (C=O) groups excluding carboxylic acids is 1. The molecule has 0 bridgehead atoms. The molecule has 3 aromatic rings. The van der Waals surface area contributed by atoms with E-state index in [1.54, 1.807) is 11.8 Å². The van der Waals surface area contributed by atoms with Crippen molar-refractivity contribution in [2.24, 2.45) is 7.05 Å². The fourth-order valence-electron chi connectivity index (χ4n) is 2.51. The SMILES string of the molecule is Cc1ccc(CNC(=O)CCSc2nnc(-c3ccccc3)n2C)cc1. The van der Waals surface area contributed by atoms with Crippen LogP contribution >= 0.6 is 11.8 Å². The first-order chi connectivity index (χ1) is 12.6. The molecular formula is C20H22N4OS. The molecule has 0 spiro atoms. The molecule has 0 radical (unpaired) electrons. The Bertz CT molecular complexity index is 859. The van der Waals surface area contributed by atoms with Crippen LogP contribution in [0.5, 0.6) is 0 Å². The number of nitrogens with zero attached hydrogens (tertiary/aromatic N) is 3. The Labute approximate surface area is 157 Å². The van der Waals surface area contributed by atoms with Gasteiger partial charge in [-0.1, -0.05) is 71.9 Å². The highest BCUT2D eigenvalue weighted by atomic mass is 32.2. The molecule has 0 atom stereocenters.